The Morgan fingerprint density at radius 1 is 1.57 bits per heavy atom. The van der Waals surface area contributed by atoms with Gasteiger partial charge in [-0.1, -0.05) is 0 Å². The second kappa shape index (κ2) is 3.73. The van der Waals surface area contributed by atoms with Gasteiger partial charge in [-0.3, -0.25) is 4.79 Å². The van der Waals surface area contributed by atoms with E-state index in [2.05, 4.69) is 9.72 Å². The third-order valence-corrected chi connectivity index (χ3v) is 1.70. The predicted molar refractivity (Wildman–Crippen MR) is 41.6 cm³/mol. The van der Waals surface area contributed by atoms with Crippen molar-refractivity contribution in [1.82, 2.24) is 4.98 Å². The van der Waals surface area contributed by atoms with E-state index in [1.165, 1.54) is 18.3 Å². The molecule has 0 aromatic carbocycles. The van der Waals surface area contributed by atoms with Gasteiger partial charge in [0.15, 0.2) is 5.92 Å². The summed E-state index contributed by atoms with van der Waals surface area (Å²) in [6.45, 7) is 0. The minimum atomic E-state index is -4.64. The molecule has 1 aromatic rings. The van der Waals surface area contributed by atoms with Gasteiger partial charge in [-0.05, 0) is 12.1 Å². The largest absolute Gasteiger partial charge is 0.468 e. The first-order valence-corrected chi connectivity index (χ1v) is 3.74. The highest BCUT2D eigenvalue weighted by atomic mass is 19.4. The lowest BCUT2D eigenvalue weighted by Gasteiger charge is -2.16. The summed E-state index contributed by atoms with van der Waals surface area (Å²) in [4.78, 5) is 13.2. The van der Waals surface area contributed by atoms with Gasteiger partial charge in [-0.15, -0.1) is 0 Å². The van der Waals surface area contributed by atoms with Crippen LogP contribution in [0.5, 0.6) is 0 Å². The Labute approximate surface area is 77.9 Å². The van der Waals surface area contributed by atoms with E-state index in [0.29, 0.717) is 0 Å². The molecule has 0 saturated heterocycles. The van der Waals surface area contributed by atoms with Crippen molar-refractivity contribution in [3.63, 3.8) is 0 Å². The zero-order valence-electron chi connectivity index (χ0n) is 7.26. The lowest BCUT2D eigenvalue weighted by Crippen LogP contribution is -2.29. The maximum absolute atomic E-state index is 12.4. The number of hydrogen-bond acceptors (Lipinski definition) is 2. The number of carbonyl (C=O) groups excluding carboxylic acids is 1. The summed E-state index contributed by atoms with van der Waals surface area (Å²) in [5.74, 6) is -3.55. The highest BCUT2D eigenvalue weighted by Gasteiger charge is 2.47. The summed E-state index contributed by atoms with van der Waals surface area (Å²) >= 11 is 0. The van der Waals surface area contributed by atoms with E-state index in [9.17, 15) is 18.0 Å². The number of rotatable bonds is 2. The number of hydrogen-bond donors (Lipinski definition) is 1. The maximum atomic E-state index is 12.4. The zero-order chi connectivity index (χ0) is 10.8. The van der Waals surface area contributed by atoms with Crippen molar-refractivity contribution < 1.29 is 22.7 Å². The first-order chi connectivity index (χ1) is 6.46. The molecule has 0 saturated carbocycles. The second-order valence-corrected chi connectivity index (χ2v) is 2.62. The molecule has 1 atom stereocenters. The van der Waals surface area contributed by atoms with Crippen LogP contribution in [0, 0.1) is 0 Å². The smallest absolute Gasteiger partial charge is 0.407 e. The number of carbonyl (C=O) groups is 1. The van der Waals surface area contributed by atoms with Gasteiger partial charge in [0.2, 0.25) is 0 Å². The number of methoxy groups -OCH3 is 1. The van der Waals surface area contributed by atoms with Crippen LogP contribution in [0.4, 0.5) is 13.2 Å². The highest BCUT2D eigenvalue weighted by Crippen LogP contribution is 2.34. The van der Waals surface area contributed by atoms with Crippen LogP contribution in [0.2, 0.25) is 0 Å². The van der Waals surface area contributed by atoms with Crippen LogP contribution in [0.25, 0.3) is 0 Å². The Morgan fingerprint density at radius 2 is 2.21 bits per heavy atom. The van der Waals surface area contributed by atoms with Crippen molar-refractivity contribution in [3.05, 3.63) is 24.0 Å². The van der Waals surface area contributed by atoms with Crippen LogP contribution in [-0.4, -0.2) is 24.2 Å². The molecule has 0 aliphatic heterocycles. The number of ether oxygens (including phenoxy) is 1. The molecule has 3 nitrogen and oxygen atoms in total. The van der Waals surface area contributed by atoms with Crippen molar-refractivity contribution in [2.45, 2.75) is 12.1 Å². The van der Waals surface area contributed by atoms with Gasteiger partial charge in [-0.25, -0.2) is 0 Å². The summed E-state index contributed by atoms with van der Waals surface area (Å²) in [7, 11) is 0.921. The number of nitrogens with one attached hydrogen (secondary N) is 1. The number of H-pyrrole nitrogens is 1. The van der Waals surface area contributed by atoms with Crippen molar-refractivity contribution in [1.29, 1.82) is 0 Å². The lowest BCUT2D eigenvalue weighted by atomic mass is 10.1. The van der Waals surface area contributed by atoms with E-state index in [1.807, 2.05) is 0 Å². The van der Waals surface area contributed by atoms with Crippen LogP contribution in [-0.2, 0) is 9.53 Å². The zero-order valence-corrected chi connectivity index (χ0v) is 7.26. The molecule has 0 aliphatic rings. The van der Waals surface area contributed by atoms with E-state index in [1.54, 1.807) is 0 Å². The van der Waals surface area contributed by atoms with Crippen molar-refractivity contribution in [2.75, 3.05) is 7.11 Å². The SMILES string of the molecule is COC(=O)C(c1ccc[nH]1)C(F)(F)F. The Bertz CT molecular complexity index is 305. The van der Waals surface area contributed by atoms with Crippen LogP contribution >= 0.6 is 0 Å². The monoisotopic (exact) mass is 207 g/mol. The highest BCUT2D eigenvalue weighted by molar-refractivity contribution is 5.78. The van der Waals surface area contributed by atoms with Crippen LogP contribution in [0.15, 0.2) is 18.3 Å². The molecule has 0 fully saturated rings. The quantitative estimate of drug-likeness (QED) is 0.751. The molecule has 1 N–H and O–H groups in total. The molecule has 1 unspecified atom stereocenters. The first kappa shape index (κ1) is 10.6. The van der Waals surface area contributed by atoms with E-state index >= 15 is 0 Å². The van der Waals surface area contributed by atoms with Crippen LogP contribution in [0.1, 0.15) is 11.6 Å². The molecule has 78 valence electrons. The van der Waals surface area contributed by atoms with Crippen molar-refractivity contribution >= 4 is 5.97 Å². The lowest BCUT2D eigenvalue weighted by molar-refractivity contribution is -0.179. The summed E-state index contributed by atoms with van der Waals surface area (Å²) in [5.41, 5.74) is -0.218. The Morgan fingerprint density at radius 3 is 2.57 bits per heavy atom. The van der Waals surface area contributed by atoms with E-state index in [-0.39, 0.29) is 5.69 Å². The maximum Gasteiger partial charge on any atom is 0.407 e. The fourth-order valence-electron chi connectivity index (χ4n) is 1.08. The topological polar surface area (TPSA) is 42.1 Å². The molecule has 0 spiro atoms. The second-order valence-electron chi connectivity index (χ2n) is 2.62. The summed E-state index contributed by atoms with van der Waals surface area (Å²) < 4.78 is 41.3. The molecular formula is C8H8F3NO2. The third kappa shape index (κ3) is 2.07. The van der Waals surface area contributed by atoms with Crippen LogP contribution in [0.3, 0.4) is 0 Å². The molecule has 1 rings (SSSR count). The number of halogens is 3. The predicted octanol–water partition coefficient (Wildman–Crippen LogP) is 1.83. The summed E-state index contributed by atoms with van der Waals surface area (Å²) in [6.07, 6.45) is -3.32. The van der Waals surface area contributed by atoms with E-state index in [4.69, 9.17) is 0 Å². The molecule has 0 aliphatic carbocycles. The fraction of sp³-hybridized carbons (Fsp3) is 0.375. The average molecular weight is 207 g/mol. The van der Waals surface area contributed by atoms with Gasteiger partial charge in [0, 0.05) is 11.9 Å². The number of aromatic amines is 1. The molecule has 14 heavy (non-hydrogen) atoms. The Hall–Kier alpha value is -1.46. The summed E-state index contributed by atoms with van der Waals surface area (Å²) in [5, 5.41) is 0. The Kier molecular flexibility index (Phi) is 2.83. The van der Waals surface area contributed by atoms with Gasteiger partial charge in [0.1, 0.15) is 0 Å². The standard InChI is InChI=1S/C8H8F3NO2/c1-14-7(13)6(8(9,10)11)5-3-2-4-12-5/h2-4,6,12H,1H3. The fourth-order valence-corrected chi connectivity index (χ4v) is 1.08. The number of aromatic nitrogens is 1. The van der Waals surface area contributed by atoms with Gasteiger partial charge < -0.3 is 9.72 Å². The molecule has 1 aromatic heterocycles. The minimum Gasteiger partial charge on any atom is -0.468 e. The van der Waals surface area contributed by atoms with E-state index < -0.39 is 18.1 Å². The van der Waals surface area contributed by atoms with Gasteiger partial charge in [0.25, 0.3) is 0 Å². The average Bonchev–Trinajstić information content (AvgIpc) is 2.54. The molecular weight excluding hydrogens is 199 g/mol. The molecule has 0 radical (unpaired) electrons. The van der Waals surface area contributed by atoms with Crippen LogP contribution < -0.4 is 0 Å². The molecule has 0 amide bonds. The first-order valence-electron chi connectivity index (χ1n) is 3.74. The van der Waals surface area contributed by atoms with Crippen molar-refractivity contribution in [3.8, 4) is 0 Å². The molecule has 0 bridgehead atoms. The molecule has 1 heterocycles. The Balaban J connectivity index is 3.01. The summed E-state index contributed by atoms with van der Waals surface area (Å²) in [6, 6.07) is 2.58. The van der Waals surface area contributed by atoms with Gasteiger partial charge in [-0.2, -0.15) is 13.2 Å². The minimum absolute atomic E-state index is 0.218. The van der Waals surface area contributed by atoms with Crippen molar-refractivity contribution in [2.24, 2.45) is 0 Å². The normalized spacial score (nSPS) is 13.7. The van der Waals surface area contributed by atoms with Gasteiger partial charge >= 0.3 is 12.1 Å². The van der Waals surface area contributed by atoms with E-state index in [0.717, 1.165) is 7.11 Å². The number of esters is 1. The van der Waals surface area contributed by atoms with Gasteiger partial charge in [0.05, 0.1) is 7.11 Å². The molecule has 6 heteroatoms. The number of alkyl halides is 3. The third-order valence-electron chi connectivity index (χ3n) is 1.70.